The van der Waals surface area contributed by atoms with Gasteiger partial charge in [-0.3, -0.25) is 24.2 Å². The normalized spacial score (nSPS) is 20.3. The first-order valence-electron chi connectivity index (χ1n) is 15.5. The molecule has 1 saturated heterocycles. The highest BCUT2D eigenvalue weighted by Crippen LogP contribution is 2.29. The van der Waals surface area contributed by atoms with E-state index in [0.29, 0.717) is 49.6 Å². The van der Waals surface area contributed by atoms with E-state index >= 15 is 0 Å². The Balaban J connectivity index is 1.17. The summed E-state index contributed by atoms with van der Waals surface area (Å²) in [7, 11) is 0. The monoisotopic (exact) mass is 606 g/mol. The second-order valence-electron chi connectivity index (χ2n) is 11.6. The first-order chi connectivity index (χ1) is 21.0. The van der Waals surface area contributed by atoms with Crippen molar-refractivity contribution in [1.82, 2.24) is 40.2 Å². The summed E-state index contributed by atoms with van der Waals surface area (Å²) in [5, 5.41) is 11.3. The third kappa shape index (κ3) is 9.32. The molecule has 2 aliphatic rings. The van der Waals surface area contributed by atoms with E-state index in [4.69, 9.17) is 11.6 Å². The number of benzene rings is 1. The first-order valence-corrected chi connectivity index (χ1v) is 15.9. The van der Waals surface area contributed by atoms with Crippen molar-refractivity contribution in [2.24, 2.45) is 5.92 Å². The molecule has 1 aliphatic heterocycles. The zero-order chi connectivity index (χ0) is 29.9. The molecule has 230 valence electrons. The predicted molar refractivity (Wildman–Crippen MR) is 166 cm³/mol. The lowest BCUT2D eigenvalue weighted by Crippen LogP contribution is -2.58. The Morgan fingerprint density at radius 3 is 2.56 bits per heavy atom. The average molecular weight is 607 g/mol. The molecule has 1 aromatic carbocycles. The average Bonchev–Trinajstić information content (AvgIpc) is 3.44. The minimum absolute atomic E-state index is 0.0237. The van der Waals surface area contributed by atoms with Gasteiger partial charge in [0.15, 0.2) is 0 Å². The third-order valence-corrected chi connectivity index (χ3v) is 8.90. The van der Waals surface area contributed by atoms with Gasteiger partial charge in [0.05, 0.1) is 5.69 Å². The van der Waals surface area contributed by atoms with Crippen molar-refractivity contribution in [2.45, 2.75) is 70.1 Å². The number of aromatic nitrogens is 4. The molecule has 3 atom stereocenters. The number of rotatable bonds is 12. The summed E-state index contributed by atoms with van der Waals surface area (Å²) in [5.74, 6) is 0.355. The van der Waals surface area contributed by atoms with E-state index in [1.165, 1.54) is 32.1 Å². The van der Waals surface area contributed by atoms with Crippen LogP contribution in [0.3, 0.4) is 0 Å². The molecule has 0 radical (unpaired) electrons. The van der Waals surface area contributed by atoms with Crippen molar-refractivity contribution < 1.29 is 9.59 Å². The molecule has 2 aromatic heterocycles. The van der Waals surface area contributed by atoms with Crippen molar-refractivity contribution >= 4 is 23.4 Å². The topological polar surface area (TPSA) is 108 Å². The molecule has 10 nitrogen and oxygen atoms in total. The first kappa shape index (κ1) is 31.1. The Hall–Kier alpha value is -3.34. The van der Waals surface area contributed by atoms with Crippen LogP contribution >= 0.6 is 11.6 Å². The third-order valence-electron chi connectivity index (χ3n) is 8.65. The van der Waals surface area contributed by atoms with Crippen molar-refractivity contribution in [3.8, 4) is 0 Å². The van der Waals surface area contributed by atoms with Gasteiger partial charge in [0, 0.05) is 75.9 Å². The lowest BCUT2D eigenvalue weighted by Gasteiger charge is -2.42. The highest BCUT2D eigenvalue weighted by Gasteiger charge is 2.34. The summed E-state index contributed by atoms with van der Waals surface area (Å²) in [4.78, 5) is 39.8. The predicted octanol–water partition coefficient (Wildman–Crippen LogP) is 3.33. The molecule has 0 bridgehead atoms. The van der Waals surface area contributed by atoms with Gasteiger partial charge in [0.2, 0.25) is 11.8 Å². The Labute approximate surface area is 259 Å². The second kappa shape index (κ2) is 15.9. The molecular weight excluding hydrogens is 564 g/mol. The number of nitrogens with one attached hydrogen (secondary N) is 2. The molecule has 2 N–H and O–H groups in total. The number of carbonyl (C=O) groups excluding carboxylic acids is 2. The highest BCUT2D eigenvalue weighted by atomic mass is 35.5. The Morgan fingerprint density at radius 1 is 1.00 bits per heavy atom. The fourth-order valence-corrected chi connectivity index (χ4v) is 6.49. The van der Waals surface area contributed by atoms with E-state index < -0.39 is 6.04 Å². The maximum absolute atomic E-state index is 13.9. The van der Waals surface area contributed by atoms with E-state index in [2.05, 4.69) is 30.6 Å². The van der Waals surface area contributed by atoms with Gasteiger partial charge in [0.1, 0.15) is 18.7 Å². The molecule has 2 unspecified atom stereocenters. The van der Waals surface area contributed by atoms with Gasteiger partial charge >= 0.3 is 0 Å². The smallest absolute Gasteiger partial charge is 0.245 e. The molecule has 5 rings (SSSR count). The van der Waals surface area contributed by atoms with Crippen LogP contribution in [-0.2, 0) is 29.1 Å². The number of halogens is 1. The maximum atomic E-state index is 13.9. The molecular formula is C32H43ClN8O2. The molecule has 3 heterocycles. The minimum Gasteiger partial charge on any atom is -0.344 e. The number of nitrogens with zero attached hydrogens (tertiary/aromatic N) is 6. The Bertz CT molecular complexity index is 1270. The number of pyridine rings is 1. The lowest BCUT2D eigenvalue weighted by atomic mass is 9.92. The molecule has 3 aromatic rings. The lowest BCUT2D eigenvalue weighted by molar-refractivity contribution is -0.138. The summed E-state index contributed by atoms with van der Waals surface area (Å²) >= 11 is 6.10. The number of hydrogen-bond acceptors (Lipinski definition) is 7. The number of hydrogen-bond donors (Lipinski definition) is 2. The minimum atomic E-state index is -0.631. The van der Waals surface area contributed by atoms with E-state index in [1.54, 1.807) is 12.5 Å². The Morgan fingerprint density at radius 2 is 1.81 bits per heavy atom. The second-order valence-corrected chi connectivity index (χ2v) is 12.1. The van der Waals surface area contributed by atoms with Gasteiger partial charge in [0.25, 0.3) is 0 Å². The van der Waals surface area contributed by atoms with Crippen LogP contribution in [0, 0.1) is 5.92 Å². The molecule has 0 spiro atoms. The highest BCUT2D eigenvalue weighted by molar-refractivity contribution is 6.30. The summed E-state index contributed by atoms with van der Waals surface area (Å²) in [6, 6.07) is 13.1. The molecule has 11 heteroatoms. The zero-order valence-corrected chi connectivity index (χ0v) is 25.5. The van der Waals surface area contributed by atoms with Crippen LogP contribution in [0.5, 0.6) is 0 Å². The number of amides is 2. The maximum Gasteiger partial charge on any atom is 0.245 e. The van der Waals surface area contributed by atoms with Crippen LogP contribution in [0.25, 0.3) is 0 Å². The van der Waals surface area contributed by atoms with Crippen LogP contribution in [0.1, 0.15) is 49.8 Å². The van der Waals surface area contributed by atoms with E-state index in [-0.39, 0.29) is 18.2 Å². The van der Waals surface area contributed by atoms with Crippen LogP contribution in [0.2, 0.25) is 5.02 Å². The Kier molecular flexibility index (Phi) is 11.5. The van der Waals surface area contributed by atoms with Crippen LogP contribution < -0.4 is 10.6 Å². The van der Waals surface area contributed by atoms with Crippen molar-refractivity contribution in [2.75, 3.05) is 32.7 Å². The standard InChI is InChI=1S/C32H43ClN8O2/c33-27-11-9-25(10-12-27)20-29(38-31(42)13-15-34-21-28-7-4-5-14-36-28)32(43)40-18-16-39(17-19-40)30-8-3-1-2-6-26(30)22-41-24-35-23-37-41/h4-5,7,9-12,14,23-24,26,29-30,34H,1-3,6,8,13,15-22H2,(H,38,42)/t26?,29-,30?/m1/s1. The summed E-state index contributed by atoms with van der Waals surface area (Å²) in [6.45, 7) is 4.96. The molecule has 2 fully saturated rings. The summed E-state index contributed by atoms with van der Waals surface area (Å²) in [6.07, 6.45) is 12.0. The van der Waals surface area contributed by atoms with Crippen LogP contribution in [0.4, 0.5) is 0 Å². The number of piperazine rings is 1. The van der Waals surface area contributed by atoms with Crippen molar-refractivity contribution in [1.29, 1.82) is 0 Å². The molecule has 1 aliphatic carbocycles. The van der Waals surface area contributed by atoms with E-state index in [9.17, 15) is 9.59 Å². The van der Waals surface area contributed by atoms with Gasteiger partial charge in [-0.2, -0.15) is 5.10 Å². The molecule has 43 heavy (non-hydrogen) atoms. The largest absolute Gasteiger partial charge is 0.344 e. The fourth-order valence-electron chi connectivity index (χ4n) is 6.36. The van der Waals surface area contributed by atoms with Crippen LogP contribution in [-0.4, -0.2) is 86.2 Å². The fraction of sp³-hybridized carbons (Fsp3) is 0.531. The van der Waals surface area contributed by atoms with Gasteiger partial charge in [-0.25, -0.2) is 4.98 Å². The van der Waals surface area contributed by atoms with Gasteiger partial charge in [-0.15, -0.1) is 0 Å². The van der Waals surface area contributed by atoms with Crippen molar-refractivity contribution in [3.63, 3.8) is 0 Å². The van der Waals surface area contributed by atoms with Gasteiger partial charge in [-0.1, -0.05) is 49.1 Å². The van der Waals surface area contributed by atoms with E-state index in [1.807, 2.05) is 58.4 Å². The molecule has 1 saturated carbocycles. The zero-order valence-electron chi connectivity index (χ0n) is 24.8. The quantitative estimate of drug-likeness (QED) is 0.240. The number of carbonyl (C=O) groups is 2. The van der Waals surface area contributed by atoms with Crippen molar-refractivity contribution in [3.05, 3.63) is 77.6 Å². The summed E-state index contributed by atoms with van der Waals surface area (Å²) < 4.78 is 1.96. The van der Waals surface area contributed by atoms with Crippen LogP contribution in [0.15, 0.2) is 61.3 Å². The SMILES string of the molecule is O=C(CCNCc1ccccn1)N[C@H](Cc1ccc(Cl)cc1)C(=O)N1CCN(C2CCCCCC2Cn2cncn2)CC1. The van der Waals surface area contributed by atoms with Gasteiger partial charge in [-0.05, 0) is 48.6 Å². The van der Waals surface area contributed by atoms with Gasteiger partial charge < -0.3 is 15.5 Å². The summed E-state index contributed by atoms with van der Waals surface area (Å²) in [5.41, 5.74) is 1.88. The van der Waals surface area contributed by atoms with E-state index in [0.717, 1.165) is 30.9 Å². The molecule has 2 amide bonds.